The maximum absolute atomic E-state index is 12.4. The third-order valence-electron chi connectivity index (χ3n) is 1.61. The largest absolute Gasteiger partial charge is 0.424 e. The molecule has 0 unspecified atom stereocenters. The van der Waals surface area contributed by atoms with Crippen molar-refractivity contribution in [1.29, 1.82) is 0 Å². The Labute approximate surface area is 94.7 Å². The van der Waals surface area contributed by atoms with E-state index in [4.69, 9.17) is 0 Å². The fourth-order valence-corrected chi connectivity index (χ4v) is 2.94. The molecule has 0 radical (unpaired) electrons. The molecule has 0 aliphatic rings. The smallest absolute Gasteiger partial charge is 0.310 e. The molecule has 0 heterocycles. The Hall–Kier alpha value is 0.210. The minimum atomic E-state index is -5.90. The second-order valence-electron chi connectivity index (χ2n) is 2.48. The van der Waals surface area contributed by atoms with E-state index in [-0.39, 0.29) is 0 Å². The van der Waals surface area contributed by atoms with Gasteiger partial charge in [0.15, 0.2) is 0 Å². The predicted octanol–water partition coefficient (Wildman–Crippen LogP) is 3.69. The number of rotatable bonds is 3. The Morgan fingerprint density at radius 3 is 1.25 bits per heavy atom. The van der Waals surface area contributed by atoms with Gasteiger partial charge >= 0.3 is 24.0 Å². The zero-order valence-corrected chi connectivity index (χ0v) is 10.3. The molecule has 98 valence electrons. The Balaban J connectivity index is 5.90. The number of alkyl halides is 7. The van der Waals surface area contributed by atoms with Crippen molar-refractivity contribution in [2.24, 2.45) is 0 Å². The van der Waals surface area contributed by atoms with Crippen LogP contribution < -0.4 is 0 Å². The first-order valence-corrected chi connectivity index (χ1v) is 5.75. The topological polar surface area (TPSA) is 35.5 Å². The number of hydrogen-bond donors (Lipinski definition) is 0. The fraction of sp³-hybridized carbons (Fsp3) is 1.00. The molecule has 11 heteroatoms. The van der Waals surface area contributed by atoms with Crippen LogP contribution in [0.25, 0.3) is 0 Å². The van der Waals surface area contributed by atoms with Crippen LogP contribution in [0.15, 0.2) is 0 Å². The van der Waals surface area contributed by atoms with Gasteiger partial charge in [0, 0.05) is 14.2 Å². The van der Waals surface area contributed by atoms with Crippen LogP contribution in [0, 0.1) is 0 Å². The van der Waals surface area contributed by atoms with Crippen LogP contribution in [0.4, 0.5) is 26.3 Å². The molecule has 0 aromatic carbocycles. The summed E-state index contributed by atoms with van der Waals surface area (Å²) in [5, 5.41) is 0. The quantitative estimate of drug-likeness (QED) is 0.447. The Bertz CT molecular complexity index is 278. The van der Waals surface area contributed by atoms with E-state index < -0.39 is 24.0 Å². The molecule has 3 nitrogen and oxygen atoms in total. The number of halogens is 7. The van der Waals surface area contributed by atoms with Gasteiger partial charge in [-0.15, -0.1) is 0 Å². The van der Waals surface area contributed by atoms with Crippen molar-refractivity contribution in [2.45, 2.75) is 16.4 Å². The summed E-state index contributed by atoms with van der Waals surface area (Å²) in [4.78, 5) is 0. The monoisotopic (exact) mass is 338 g/mol. The maximum atomic E-state index is 12.4. The Kier molecular flexibility index (Phi) is 4.53. The van der Waals surface area contributed by atoms with Gasteiger partial charge in [0.05, 0.1) is 0 Å². The lowest BCUT2D eigenvalue weighted by atomic mass is 10.4. The molecule has 0 bridgehead atoms. The minimum absolute atomic E-state index is 0.428. The van der Waals surface area contributed by atoms with Crippen molar-refractivity contribution in [3.8, 4) is 0 Å². The maximum Gasteiger partial charge on any atom is 0.424 e. The van der Waals surface area contributed by atoms with Gasteiger partial charge in [-0.05, 0) is 0 Å². The summed E-state index contributed by atoms with van der Waals surface area (Å²) in [5.74, 6) is 0. The van der Waals surface area contributed by atoms with Crippen LogP contribution in [0.5, 0.6) is 0 Å². The molecule has 0 aromatic rings. The molecule has 0 amide bonds. The highest BCUT2D eigenvalue weighted by Gasteiger charge is 2.80. The zero-order valence-electron chi connectivity index (χ0n) is 7.82. The SMILES string of the molecule is COP(=O)(OC)C(Br)(C(F)(F)F)C(F)(F)F. The van der Waals surface area contributed by atoms with E-state index in [9.17, 15) is 30.9 Å². The van der Waals surface area contributed by atoms with Crippen LogP contribution in [0.2, 0.25) is 0 Å². The summed E-state index contributed by atoms with van der Waals surface area (Å²) < 4.78 is 88.3. The molecule has 0 N–H and O–H groups in total. The lowest BCUT2D eigenvalue weighted by Gasteiger charge is -2.35. The normalized spacial score (nSPS) is 15.3. The second-order valence-corrected chi connectivity index (χ2v) is 6.68. The van der Waals surface area contributed by atoms with Crippen molar-refractivity contribution in [3.05, 3.63) is 0 Å². The minimum Gasteiger partial charge on any atom is -0.310 e. The predicted molar refractivity (Wildman–Crippen MR) is 45.4 cm³/mol. The molecular formula is C5H6BrF6O3P. The van der Waals surface area contributed by atoms with Crippen LogP contribution in [-0.4, -0.2) is 30.6 Å². The van der Waals surface area contributed by atoms with E-state index in [0.717, 1.165) is 0 Å². The molecule has 0 saturated heterocycles. The van der Waals surface area contributed by atoms with Gasteiger partial charge in [-0.25, -0.2) is 0 Å². The highest BCUT2D eigenvalue weighted by Crippen LogP contribution is 2.73. The van der Waals surface area contributed by atoms with Gasteiger partial charge in [-0.1, -0.05) is 15.9 Å². The standard InChI is InChI=1S/C5H6BrF6O3P/c1-14-16(13,15-2)3(6,4(7,8)9)5(10,11)12/h1-2H3. The van der Waals surface area contributed by atoms with Gasteiger partial charge < -0.3 is 9.05 Å². The highest BCUT2D eigenvalue weighted by molar-refractivity contribution is 9.11. The van der Waals surface area contributed by atoms with Crippen LogP contribution in [0.3, 0.4) is 0 Å². The highest BCUT2D eigenvalue weighted by atomic mass is 79.9. The first-order chi connectivity index (χ1) is 6.87. The van der Waals surface area contributed by atoms with Gasteiger partial charge in [0.25, 0.3) is 0 Å². The molecule has 0 aliphatic carbocycles. The summed E-state index contributed by atoms with van der Waals surface area (Å²) in [6, 6.07) is 0. The lowest BCUT2D eigenvalue weighted by Crippen LogP contribution is -2.51. The van der Waals surface area contributed by atoms with Gasteiger partial charge in [0.1, 0.15) is 0 Å². The van der Waals surface area contributed by atoms with E-state index in [1.165, 1.54) is 15.9 Å². The number of hydrogen-bond acceptors (Lipinski definition) is 3. The molecule has 0 saturated carbocycles. The molecule has 0 fully saturated rings. The van der Waals surface area contributed by atoms with E-state index >= 15 is 0 Å². The lowest BCUT2D eigenvalue weighted by molar-refractivity contribution is -0.241. The molecular weight excluding hydrogens is 333 g/mol. The first kappa shape index (κ1) is 16.2. The zero-order chi connectivity index (χ0) is 13.4. The molecule has 16 heavy (non-hydrogen) atoms. The summed E-state index contributed by atoms with van der Waals surface area (Å²) in [6.45, 7) is 0. The van der Waals surface area contributed by atoms with Crippen molar-refractivity contribution in [1.82, 2.24) is 0 Å². The Morgan fingerprint density at radius 2 is 1.19 bits per heavy atom. The third-order valence-corrected chi connectivity index (χ3v) is 6.03. The average molecular weight is 339 g/mol. The van der Waals surface area contributed by atoms with E-state index in [0.29, 0.717) is 14.2 Å². The van der Waals surface area contributed by atoms with Crippen molar-refractivity contribution in [2.75, 3.05) is 14.2 Å². The van der Waals surface area contributed by atoms with Crippen LogP contribution in [0.1, 0.15) is 0 Å². The van der Waals surface area contributed by atoms with Gasteiger partial charge in [-0.3, -0.25) is 4.57 Å². The molecule has 0 spiro atoms. The van der Waals surface area contributed by atoms with Crippen LogP contribution in [-0.2, 0) is 13.6 Å². The summed E-state index contributed by atoms with van der Waals surface area (Å²) in [6.07, 6.45) is -11.8. The van der Waals surface area contributed by atoms with Gasteiger partial charge in [0.2, 0.25) is 0 Å². The second kappa shape index (κ2) is 4.47. The van der Waals surface area contributed by atoms with Gasteiger partial charge in [-0.2, -0.15) is 26.3 Å². The molecule has 0 atom stereocenters. The van der Waals surface area contributed by atoms with Crippen molar-refractivity contribution >= 4 is 23.5 Å². The fourth-order valence-electron chi connectivity index (χ4n) is 0.797. The summed E-state index contributed by atoms with van der Waals surface area (Å²) in [7, 11) is -4.62. The molecule has 0 rings (SSSR count). The molecule has 0 aliphatic heterocycles. The van der Waals surface area contributed by atoms with Crippen molar-refractivity contribution in [3.63, 3.8) is 0 Å². The van der Waals surface area contributed by atoms with Crippen LogP contribution >= 0.6 is 23.5 Å². The summed E-state index contributed by atoms with van der Waals surface area (Å²) >= 11 is 1.41. The average Bonchev–Trinajstić information content (AvgIpc) is 2.11. The summed E-state index contributed by atoms with van der Waals surface area (Å²) in [5.41, 5.74) is 0. The first-order valence-electron chi connectivity index (χ1n) is 3.41. The molecule has 0 aromatic heterocycles. The third kappa shape index (κ3) is 2.25. The van der Waals surface area contributed by atoms with E-state index in [2.05, 4.69) is 9.05 Å². The Morgan fingerprint density at radius 1 is 0.938 bits per heavy atom. The van der Waals surface area contributed by atoms with Crippen molar-refractivity contribution < 1.29 is 40.0 Å². The van der Waals surface area contributed by atoms with E-state index in [1.807, 2.05) is 0 Å². The van der Waals surface area contributed by atoms with E-state index in [1.54, 1.807) is 0 Å².